The highest BCUT2D eigenvalue weighted by molar-refractivity contribution is 5.49. The highest BCUT2D eigenvalue weighted by Gasteiger charge is 2.31. The van der Waals surface area contributed by atoms with E-state index in [9.17, 15) is 17.6 Å². The second-order valence-corrected chi connectivity index (χ2v) is 4.35. The number of aromatic nitrogens is 4. The summed E-state index contributed by atoms with van der Waals surface area (Å²) in [7, 11) is 0. The molecule has 2 aromatic heterocycles. The Bertz CT molecular complexity index is 624. The van der Waals surface area contributed by atoms with Crippen LogP contribution in [-0.2, 0) is 4.74 Å². The minimum Gasteiger partial charge on any atom is -0.367 e. The lowest BCUT2D eigenvalue weighted by molar-refractivity contribution is 0.0337. The molecule has 21 heavy (non-hydrogen) atoms. The lowest BCUT2D eigenvalue weighted by Gasteiger charge is -2.33. The molecule has 0 amide bonds. The van der Waals surface area contributed by atoms with Gasteiger partial charge >= 0.3 is 0 Å². The standard InChI is InChI=1S/C11H9F4N5O/c12-6-8(7(13)10(15)18-9(6)14)20-1-2-21-5(3-20)11-16-4-17-19-11/h4-5H,1-3H2,(H,16,17,19). The van der Waals surface area contributed by atoms with E-state index in [1.54, 1.807) is 0 Å². The minimum absolute atomic E-state index is 0.0358. The van der Waals surface area contributed by atoms with Crippen molar-refractivity contribution >= 4 is 5.69 Å². The summed E-state index contributed by atoms with van der Waals surface area (Å²) in [5, 5.41) is 6.22. The summed E-state index contributed by atoms with van der Waals surface area (Å²) in [5.74, 6) is -6.09. The van der Waals surface area contributed by atoms with Gasteiger partial charge in [-0.05, 0) is 0 Å². The zero-order chi connectivity index (χ0) is 15.0. The van der Waals surface area contributed by atoms with Crippen molar-refractivity contribution in [2.45, 2.75) is 6.10 Å². The number of aromatic amines is 1. The Morgan fingerprint density at radius 1 is 1.19 bits per heavy atom. The van der Waals surface area contributed by atoms with Crippen molar-refractivity contribution in [2.24, 2.45) is 0 Å². The number of pyridine rings is 1. The van der Waals surface area contributed by atoms with Gasteiger partial charge in [-0.15, -0.1) is 0 Å². The normalized spacial score (nSPS) is 19.0. The largest absolute Gasteiger partial charge is 0.367 e. The second-order valence-electron chi connectivity index (χ2n) is 4.35. The summed E-state index contributed by atoms with van der Waals surface area (Å²) in [4.78, 5) is 7.56. The van der Waals surface area contributed by atoms with E-state index in [0.717, 1.165) is 4.90 Å². The van der Waals surface area contributed by atoms with Crippen LogP contribution in [0.4, 0.5) is 23.2 Å². The van der Waals surface area contributed by atoms with E-state index in [1.165, 1.54) is 6.33 Å². The third kappa shape index (κ3) is 2.42. The van der Waals surface area contributed by atoms with Crippen LogP contribution >= 0.6 is 0 Å². The Hall–Kier alpha value is -2.23. The maximum absolute atomic E-state index is 13.7. The van der Waals surface area contributed by atoms with Crippen molar-refractivity contribution in [3.8, 4) is 0 Å². The molecular weight excluding hydrogens is 294 g/mol. The number of morpholine rings is 1. The fourth-order valence-corrected chi connectivity index (χ4v) is 2.14. The number of H-pyrrole nitrogens is 1. The first-order valence-electron chi connectivity index (χ1n) is 5.99. The van der Waals surface area contributed by atoms with Crippen LogP contribution in [0.2, 0.25) is 0 Å². The highest BCUT2D eigenvalue weighted by atomic mass is 19.2. The molecule has 0 aromatic carbocycles. The number of rotatable bonds is 2. The molecule has 3 rings (SSSR count). The van der Waals surface area contributed by atoms with Gasteiger partial charge in [-0.3, -0.25) is 5.10 Å². The Labute approximate surface area is 115 Å². The maximum Gasteiger partial charge on any atom is 0.253 e. The van der Waals surface area contributed by atoms with Crippen LogP contribution in [0.25, 0.3) is 0 Å². The second kappa shape index (κ2) is 5.28. The molecule has 0 radical (unpaired) electrons. The quantitative estimate of drug-likeness (QED) is 0.670. The highest BCUT2D eigenvalue weighted by Crippen LogP contribution is 2.30. The van der Waals surface area contributed by atoms with Crippen molar-refractivity contribution < 1.29 is 22.3 Å². The maximum atomic E-state index is 13.7. The van der Waals surface area contributed by atoms with E-state index in [2.05, 4.69) is 20.2 Å². The van der Waals surface area contributed by atoms with Gasteiger partial charge in [0.2, 0.25) is 11.6 Å². The summed E-state index contributed by atoms with van der Waals surface area (Å²) in [6.45, 7) is 0.142. The van der Waals surface area contributed by atoms with Crippen molar-refractivity contribution in [1.82, 2.24) is 20.2 Å². The summed E-state index contributed by atoms with van der Waals surface area (Å²) in [6.07, 6.45) is 0.615. The first kappa shape index (κ1) is 13.7. The number of anilines is 1. The van der Waals surface area contributed by atoms with Crippen molar-refractivity contribution in [3.05, 3.63) is 35.7 Å². The van der Waals surface area contributed by atoms with E-state index in [4.69, 9.17) is 4.74 Å². The molecule has 0 aliphatic carbocycles. The van der Waals surface area contributed by atoms with Crippen LogP contribution in [0.3, 0.4) is 0 Å². The van der Waals surface area contributed by atoms with Crippen molar-refractivity contribution in [3.63, 3.8) is 0 Å². The van der Waals surface area contributed by atoms with Gasteiger partial charge in [0, 0.05) is 6.54 Å². The van der Waals surface area contributed by atoms with Crippen molar-refractivity contribution in [2.75, 3.05) is 24.6 Å². The monoisotopic (exact) mass is 303 g/mol. The van der Waals surface area contributed by atoms with Crippen LogP contribution in [0.15, 0.2) is 6.33 Å². The number of ether oxygens (including phenoxy) is 1. The SMILES string of the molecule is Fc1nc(F)c(F)c(N2CCOC(c3ncn[nH]3)C2)c1F. The van der Waals surface area contributed by atoms with E-state index >= 15 is 0 Å². The van der Waals surface area contributed by atoms with Crippen LogP contribution in [0.5, 0.6) is 0 Å². The van der Waals surface area contributed by atoms with Crippen LogP contribution in [0.1, 0.15) is 11.9 Å². The minimum atomic E-state index is -1.69. The molecule has 1 aliphatic rings. The first-order chi connectivity index (χ1) is 10.1. The molecule has 112 valence electrons. The van der Waals surface area contributed by atoms with Gasteiger partial charge in [0.15, 0.2) is 5.82 Å². The Kier molecular flexibility index (Phi) is 3.45. The lowest BCUT2D eigenvalue weighted by atomic mass is 10.2. The van der Waals surface area contributed by atoms with Gasteiger partial charge in [0.1, 0.15) is 18.1 Å². The zero-order valence-electron chi connectivity index (χ0n) is 10.5. The average molecular weight is 303 g/mol. The number of halogens is 4. The summed E-state index contributed by atoms with van der Waals surface area (Å²) < 4.78 is 59.2. The van der Waals surface area contributed by atoms with Crippen molar-refractivity contribution in [1.29, 1.82) is 0 Å². The molecule has 3 heterocycles. The topological polar surface area (TPSA) is 66.9 Å². The smallest absolute Gasteiger partial charge is 0.253 e. The van der Waals surface area contributed by atoms with Gasteiger partial charge < -0.3 is 9.64 Å². The molecule has 0 bridgehead atoms. The summed E-state index contributed by atoms with van der Waals surface area (Å²) >= 11 is 0. The van der Waals surface area contributed by atoms with E-state index in [0.29, 0.717) is 5.82 Å². The van der Waals surface area contributed by atoms with Crippen LogP contribution in [-0.4, -0.2) is 39.9 Å². The van der Waals surface area contributed by atoms with E-state index in [1.807, 2.05) is 0 Å². The third-order valence-corrected chi connectivity index (χ3v) is 3.10. The summed E-state index contributed by atoms with van der Waals surface area (Å²) in [6, 6.07) is 0. The van der Waals surface area contributed by atoms with Gasteiger partial charge in [0.25, 0.3) is 11.9 Å². The number of nitrogens with zero attached hydrogens (tertiary/aromatic N) is 4. The van der Waals surface area contributed by atoms with Crippen LogP contribution < -0.4 is 4.90 Å². The Morgan fingerprint density at radius 3 is 2.52 bits per heavy atom. The fraction of sp³-hybridized carbons (Fsp3) is 0.364. The van der Waals surface area contributed by atoms with E-state index < -0.39 is 35.3 Å². The Balaban J connectivity index is 1.94. The van der Waals surface area contributed by atoms with Gasteiger partial charge in [-0.1, -0.05) is 0 Å². The first-order valence-corrected chi connectivity index (χ1v) is 5.99. The molecular formula is C11H9F4N5O. The molecule has 10 heteroatoms. The predicted molar refractivity (Wildman–Crippen MR) is 61.4 cm³/mol. The number of hydrogen-bond donors (Lipinski definition) is 1. The number of nitrogens with one attached hydrogen (secondary N) is 1. The fourth-order valence-electron chi connectivity index (χ4n) is 2.14. The molecule has 1 aliphatic heterocycles. The van der Waals surface area contributed by atoms with Gasteiger partial charge in [-0.25, -0.2) is 4.98 Å². The molecule has 1 atom stereocenters. The molecule has 1 fully saturated rings. The molecule has 1 N–H and O–H groups in total. The average Bonchev–Trinajstić information content (AvgIpc) is 3.00. The molecule has 6 nitrogen and oxygen atoms in total. The van der Waals surface area contributed by atoms with Gasteiger partial charge in [-0.2, -0.15) is 27.6 Å². The predicted octanol–water partition coefficient (Wildman–Crippen LogP) is 1.33. The van der Waals surface area contributed by atoms with Crippen LogP contribution in [0, 0.1) is 23.5 Å². The lowest BCUT2D eigenvalue weighted by Crippen LogP contribution is -2.40. The molecule has 1 saturated heterocycles. The molecule has 0 saturated carbocycles. The third-order valence-electron chi connectivity index (χ3n) is 3.10. The van der Waals surface area contributed by atoms with E-state index in [-0.39, 0.29) is 19.7 Å². The number of hydrogen-bond acceptors (Lipinski definition) is 5. The summed E-state index contributed by atoms with van der Waals surface area (Å²) in [5.41, 5.74) is -0.798. The molecule has 1 unspecified atom stereocenters. The molecule has 0 spiro atoms. The Morgan fingerprint density at radius 2 is 1.90 bits per heavy atom. The zero-order valence-corrected chi connectivity index (χ0v) is 10.5. The van der Waals surface area contributed by atoms with Gasteiger partial charge in [0.05, 0.1) is 13.2 Å². The molecule has 2 aromatic rings.